The molecule has 1 fully saturated rings. The van der Waals surface area contributed by atoms with Crippen LogP contribution < -0.4 is 10.6 Å². The number of fused-ring (bicyclic) bond motifs is 1. The maximum atomic E-state index is 5.45. The average molecular weight is 306 g/mol. The second-order valence-corrected chi connectivity index (χ2v) is 6.75. The van der Waals surface area contributed by atoms with Crippen LogP contribution in [0.4, 0.5) is 11.8 Å². The molecule has 5 nitrogen and oxygen atoms in total. The molecule has 21 heavy (non-hydrogen) atoms. The molecule has 0 bridgehead atoms. The van der Waals surface area contributed by atoms with Gasteiger partial charge in [0, 0.05) is 24.6 Å². The molecule has 0 saturated heterocycles. The first-order chi connectivity index (χ1) is 10.2. The lowest BCUT2D eigenvalue weighted by Gasteiger charge is -2.15. The van der Waals surface area contributed by atoms with Gasteiger partial charge < -0.3 is 15.4 Å². The van der Waals surface area contributed by atoms with Gasteiger partial charge in [0.1, 0.15) is 10.6 Å². The molecule has 1 aliphatic rings. The minimum Gasteiger partial charge on any atom is -0.381 e. The van der Waals surface area contributed by atoms with Crippen molar-refractivity contribution < 1.29 is 4.74 Å². The van der Waals surface area contributed by atoms with Gasteiger partial charge in [0.05, 0.1) is 11.5 Å². The third-order valence-corrected chi connectivity index (χ3v) is 4.85. The highest BCUT2D eigenvalue weighted by Crippen LogP contribution is 2.32. The molecule has 2 atom stereocenters. The molecule has 0 aliphatic heterocycles. The summed E-state index contributed by atoms with van der Waals surface area (Å²) in [5, 5.41) is 7.93. The van der Waals surface area contributed by atoms with Crippen LogP contribution in [-0.4, -0.2) is 35.8 Å². The zero-order chi connectivity index (χ0) is 14.8. The number of thiophene rings is 1. The molecule has 2 aromatic rings. The SMILES string of the molecule is CCNc1nc(NC2CCC(OC)C2)c2cc(C)sc2n1. The van der Waals surface area contributed by atoms with E-state index < -0.39 is 0 Å². The van der Waals surface area contributed by atoms with E-state index in [2.05, 4.69) is 40.5 Å². The molecular weight excluding hydrogens is 284 g/mol. The smallest absolute Gasteiger partial charge is 0.226 e. The molecule has 2 unspecified atom stereocenters. The predicted octanol–water partition coefficient (Wildman–Crippen LogP) is 3.41. The van der Waals surface area contributed by atoms with Gasteiger partial charge in [0.2, 0.25) is 5.95 Å². The van der Waals surface area contributed by atoms with Crippen molar-refractivity contribution in [1.82, 2.24) is 9.97 Å². The molecule has 1 saturated carbocycles. The molecule has 0 aromatic carbocycles. The summed E-state index contributed by atoms with van der Waals surface area (Å²) in [4.78, 5) is 11.5. The summed E-state index contributed by atoms with van der Waals surface area (Å²) in [6, 6.07) is 2.60. The molecule has 6 heteroatoms. The van der Waals surface area contributed by atoms with E-state index in [1.807, 2.05) is 0 Å². The van der Waals surface area contributed by atoms with E-state index in [-0.39, 0.29) is 0 Å². The van der Waals surface area contributed by atoms with Crippen molar-refractivity contribution in [2.24, 2.45) is 0 Å². The van der Waals surface area contributed by atoms with Crippen LogP contribution >= 0.6 is 11.3 Å². The number of aryl methyl sites for hydroxylation is 1. The Bertz CT molecular complexity index is 627. The Hall–Kier alpha value is -1.40. The van der Waals surface area contributed by atoms with Crippen LogP contribution in [0.5, 0.6) is 0 Å². The Kier molecular flexibility index (Phi) is 4.26. The van der Waals surface area contributed by atoms with E-state index in [0.717, 1.165) is 41.8 Å². The van der Waals surface area contributed by atoms with Crippen molar-refractivity contribution in [3.63, 3.8) is 0 Å². The molecule has 1 aliphatic carbocycles. The van der Waals surface area contributed by atoms with Gasteiger partial charge in [0.25, 0.3) is 0 Å². The summed E-state index contributed by atoms with van der Waals surface area (Å²) in [5.74, 6) is 1.65. The van der Waals surface area contributed by atoms with Gasteiger partial charge in [-0.3, -0.25) is 0 Å². The number of anilines is 2. The summed E-state index contributed by atoms with van der Waals surface area (Å²) in [6.07, 6.45) is 3.66. The molecule has 0 spiro atoms. The van der Waals surface area contributed by atoms with Crippen LogP contribution in [0.2, 0.25) is 0 Å². The zero-order valence-electron chi connectivity index (χ0n) is 12.8. The molecule has 3 rings (SSSR count). The molecule has 0 radical (unpaired) electrons. The number of methoxy groups -OCH3 is 1. The highest BCUT2D eigenvalue weighted by molar-refractivity contribution is 7.18. The first-order valence-electron chi connectivity index (χ1n) is 7.51. The van der Waals surface area contributed by atoms with Gasteiger partial charge >= 0.3 is 0 Å². The first-order valence-corrected chi connectivity index (χ1v) is 8.32. The highest BCUT2D eigenvalue weighted by atomic mass is 32.1. The lowest BCUT2D eigenvalue weighted by atomic mass is 10.2. The fourth-order valence-corrected chi connectivity index (χ4v) is 3.75. The molecular formula is C15H22N4OS. The Balaban J connectivity index is 1.88. The fraction of sp³-hybridized carbons (Fsp3) is 0.600. The van der Waals surface area contributed by atoms with Crippen LogP contribution in [0.1, 0.15) is 31.1 Å². The lowest BCUT2D eigenvalue weighted by Crippen LogP contribution is -2.18. The maximum absolute atomic E-state index is 5.45. The van der Waals surface area contributed by atoms with E-state index >= 15 is 0 Å². The Morgan fingerprint density at radius 3 is 2.95 bits per heavy atom. The third-order valence-electron chi connectivity index (χ3n) is 3.91. The van der Waals surface area contributed by atoms with Gasteiger partial charge in [-0.25, -0.2) is 4.98 Å². The zero-order valence-corrected chi connectivity index (χ0v) is 13.6. The highest BCUT2D eigenvalue weighted by Gasteiger charge is 2.25. The van der Waals surface area contributed by atoms with E-state index in [1.165, 1.54) is 4.88 Å². The standard InChI is InChI=1S/C15H22N4OS/c1-4-16-15-18-13(12-7-9(2)21-14(12)19-15)17-10-5-6-11(8-10)20-3/h7,10-11H,4-6,8H2,1-3H3,(H2,16,17,18,19). The minimum absolute atomic E-state index is 0.372. The van der Waals surface area contributed by atoms with Gasteiger partial charge in [-0.2, -0.15) is 4.98 Å². The number of hydrogen-bond donors (Lipinski definition) is 2. The Labute approximate surface area is 129 Å². The van der Waals surface area contributed by atoms with Gasteiger partial charge in [-0.1, -0.05) is 0 Å². The molecule has 0 amide bonds. The number of rotatable bonds is 5. The third kappa shape index (κ3) is 3.11. The summed E-state index contributed by atoms with van der Waals surface area (Å²) in [7, 11) is 1.79. The van der Waals surface area contributed by atoms with E-state index in [0.29, 0.717) is 18.1 Å². The molecule has 114 valence electrons. The minimum atomic E-state index is 0.372. The largest absolute Gasteiger partial charge is 0.381 e. The Morgan fingerprint density at radius 2 is 2.24 bits per heavy atom. The summed E-state index contributed by atoms with van der Waals surface area (Å²) in [6.45, 7) is 4.99. The van der Waals surface area contributed by atoms with Gasteiger partial charge in [-0.05, 0) is 39.2 Å². The fourth-order valence-electron chi connectivity index (χ4n) is 2.87. The van der Waals surface area contributed by atoms with Crippen LogP contribution in [0.3, 0.4) is 0 Å². The number of nitrogens with one attached hydrogen (secondary N) is 2. The topological polar surface area (TPSA) is 59.1 Å². The van der Waals surface area contributed by atoms with Crippen molar-refractivity contribution in [3.8, 4) is 0 Å². The normalized spacial score (nSPS) is 21.9. The quantitative estimate of drug-likeness (QED) is 0.886. The summed E-state index contributed by atoms with van der Waals surface area (Å²) in [5.41, 5.74) is 0. The monoisotopic (exact) mass is 306 g/mol. The van der Waals surface area contributed by atoms with Crippen molar-refractivity contribution in [1.29, 1.82) is 0 Å². The van der Waals surface area contributed by atoms with Crippen molar-refractivity contribution >= 4 is 33.3 Å². The van der Waals surface area contributed by atoms with Gasteiger partial charge in [-0.15, -0.1) is 11.3 Å². The first kappa shape index (κ1) is 14.5. The van der Waals surface area contributed by atoms with Crippen molar-refractivity contribution in [2.75, 3.05) is 24.3 Å². The van der Waals surface area contributed by atoms with Crippen LogP contribution in [0.15, 0.2) is 6.07 Å². The number of aromatic nitrogens is 2. The predicted molar refractivity (Wildman–Crippen MR) is 88.4 cm³/mol. The van der Waals surface area contributed by atoms with E-state index in [1.54, 1.807) is 18.4 Å². The van der Waals surface area contributed by atoms with Crippen molar-refractivity contribution in [3.05, 3.63) is 10.9 Å². The van der Waals surface area contributed by atoms with E-state index in [4.69, 9.17) is 4.74 Å². The number of hydrogen-bond acceptors (Lipinski definition) is 6. The number of ether oxygens (including phenoxy) is 1. The van der Waals surface area contributed by atoms with Crippen LogP contribution in [0, 0.1) is 6.92 Å². The molecule has 2 aromatic heterocycles. The second kappa shape index (κ2) is 6.15. The van der Waals surface area contributed by atoms with Crippen LogP contribution in [-0.2, 0) is 4.74 Å². The van der Waals surface area contributed by atoms with Crippen molar-refractivity contribution in [2.45, 2.75) is 45.3 Å². The summed E-state index contributed by atoms with van der Waals surface area (Å²) >= 11 is 1.71. The maximum Gasteiger partial charge on any atom is 0.226 e. The lowest BCUT2D eigenvalue weighted by molar-refractivity contribution is 0.108. The number of nitrogens with zero attached hydrogens (tertiary/aromatic N) is 2. The molecule has 2 N–H and O–H groups in total. The average Bonchev–Trinajstić information content (AvgIpc) is 3.05. The van der Waals surface area contributed by atoms with Crippen LogP contribution in [0.25, 0.3) is 10.2 Å². The molecule has 2 heterocycles. The van der Waals surface area contributed by atoms with Gasteiger partial charge in [0.15, 0.2) is 0 Å². The Morgan fingerprint density at radius 1 is 1.38 bits per heavy atom. The summed E-state index contributed by atoms with van der Waals surface area (Å²) < 4.78 is 5.45. The second-order valence-electron chi connectivity index (χ2n) is 5.51. The van der Waals surface area contributed by atoms with E-state index in [9.17, 15) is 0 Å².